The molecule has 1 aliphatic heterocycles. The molecule has 0 spiro atoms. The van der Waals surface area contributed by atoms with Crippen LogP contribution in [0.25, 0.3) is 0 Å². The third-order valence-electron chi connectivity index (χ3n) is 3.22. The van der Waals surface area contributed by atoms with Crippen LogP contribution in [0.5, 0.6) is 0 Å². The Balaban J connectivity index is 0.00000192. The van der Waals surface area contributed by atoms with E-state index in [4.69, 9.17) is 17.0 Å². The van der Waals surface area contributed by atoms with Gasteiger partial charge in [-0.2, -0.15) is 0 Å². The van der Waals surface area contributed by atoms with Crippen LogP contribution >= 0.6 is 23.6 Å². The lowest BCUT2D eigenvalue weighted by Gasteiger charge is -2.09. The van der Waals surface area contributed by atoms with E-state index in [1.807, 2.05) is 13.0 Å². The van der Waals surface area contributed by atoms with E-state index in [0.717, 1.165) is 5.56 Å². The minimum absolute atomic E-state index is 0. The molecule has 0 saturated carbocycles. The van der Waals surface area contributed by atoms with Crippen LogP contribution in [-0.4, -0.2) is 24.7 Å². The number of fused-ring (bicyclic) bond motifs is 1. The molecule has 3 heterocycles. The number of aromatic nitrogens is 1. The van der Waals surface area contributed by atoms with E-state index in [1.165, 1.54) is 11.3 Å². The van der Waals surface area contributed by atoms with Crippen LogP contribution in [0.3, 0.4) is 0 Å². The zero-order valence-electron chi connectivity index (χ0n) is 11.8. The van der Waals surface area contributed by atoms with Gasteiger partial charge in [-0.15, -0.1) is 11.3 Å². The van der Waals surface area contributed by atoms with E-state index in [1.54, 1.807) is 23.7 Å². The molecule has 0 radical (unpaired) electrons. The summed E-state index contributed by atoms with van der Waals surface area (Å²) in [5.41, 5.74) is 1.57. The van der Waals surface area contributed by atoms with Crippen LogP contribution in [-0.2, 0) is 26.7 Å². The normalized spacial score (nSPS) is 18.0. The predicted molar refractivity (Wildman–Crippen MR) is 92.0 cm³/mol. The van der Waals surface area contributed by atoms with Crippen LogP contribution in [0.15, 0.2) is 34.0 Å². The van der Waals surface area contributed by atoms with E-state index in [-0.39, 0.29) is 18.5 Å². The van der Waals surface area contributed by atoms with Gasteiger partial charge < -0.3 is 10.1 Å². The Hall–Kier alpha value is -1.51. The van der Waals surface area contributed by atoms with Crippen LogP contribution in [0.4, 0.5) is 5.82 Å². The second-order valence-corrected chi connectivity index (χ2v) is 8.62. The van der Waals surface area contributed by atoms with Crippen molar-refractivity contribution >= 4 is 44.4 Å². The minimum atomic E-state index is -3.33. The number of nitrogens with zero attached hydrogens (tertiary/aromatic N) is 1. The summed E-state index contributed by atoms with van der Waals surface area (Å²) in [5, 5.41) is 4.97. The molecule has 1 aliphatic rings. The van der Waals surface area contributed by atoms with Crippen molar-refractivity contribution in [2.75, 3.05) is 5.32 Å². The van der Waals surface area contributed by atoms with Crippen molar-refractivity contribution in [3.8, 4) is 0 Å². The highest BCUT2D eigenvalue weighted by Gasteiger charge is 2.21. The number of rotatable bonds is 3. The van der Waals surface area contributed by atoms with Gasteiger partial charge in [-0.1, -0.05) is 6.07 Å². The van der Waals surface area contributed by atoms with Crippen molar-refractivity contribution in [2.45, 2.75) is 29.4 Å². The molecule has 0 amide bonds. The molecule has 1 unspecified atom stereocenters. The van der Waals surface area contributed by atoms with E-state index in [0.29, 0.717) is 22.0 Å². The van der Waals surface area contributed by atoms with Crippen molar-refractivity contribution in [1.82, 2.24) is 4.98 Å². The van der Waals surface area contributed by atoms with Crippen molar-refractivity contribution in [2.24, 2.45) is 0 Å². The fourth-order valence-electron chi connectivity index (χ4n) is 2.30. The standard InChI is InChI=1S/C14H14N2O3S3.H2/c1-9-5-11-6-10(7-15-13(11)16-14(20)19-9)8-22(17,18)12-3-2-4-21-12;/h2-4,6-7,9H,5,8H2,1H3,(H,15,16,20);1H. The van der Waals surface area contributed by atoms with Crippen molar-refractivity contribution in [1.29, 1.82) is 0 Å². The molecule has 22 heavy (non-hydrogen) atoms. The van der Waals surface area contributed by atoms with Gasteiger partial charge in [-0.25, -0.2) is 13.4 Å². The topological polar surface area (TPSA) is 68.3 Å². The van der Waals surface area contributed by atoms with E-state index >= 15 is 0 Å². The minimum Gasteiger partial charge on any atom is -0.467 e. The molecule has 5 nitrogen and oxygen atoms in total. The number of thiocarbonyl (C=S) groups is 1. The number of sulfone groups is 1. The summed E-state index contributed by atoms with van der Waals surface area (Å²) in [4.78, 5) is 4.29. The Bertz CT molecular complexity index is 807. The van der Waals surface area contributed by atoms with E-state index in [9.17, 15) is 8.42 Å². The zero-order chi connectivity index (χ0) is 15.7. The summed E-state index contributed by atoms with van der Waals surface area (Å²) in [6.07, 6.45) is 2.12. The monoisotopic (exact) mass is 356 g/mol. The highest BCUT2D eigenvalue weighted by molar-refractivity contribution is 7.92. The maximum Gasteiger partial charge on any atom is 0.262 e. The maximum absolute atomic E-state index is 12.3. The zero-order valence-corrected chi connectivity index (χ0v) is 14.2. The molecule has 0 aliphatic carbocycles. The quantitative estimate of drug-likeness (QED) is 0.853. The second kappa shape index (κ2) is 5.94. The SMILES string of the molecule is CC1Cc2cc(CS(=O)(=O)c3cccs3)cnc2NC(=S)O1.[HH]. The average Bonchev–Trinajstić information content (AvgIpc) is 2.91. The number of hydrogen-bond donors (Lipinski definition) is 1. The summed E-state index contributed by atoms with van der Waals surface area (Å²) in [6, 6.07) is 5.21. The van der Waals surface area contributed by atoms with Crippen molar-refractivity contribution in [3.05, 3.63) is 40.9 Å². The lowest BCUT2D eigenvalue weighted by atomic mass is 10.1. The molecule has 1 atom stereocenters. The molecule has 1 N–H and O–H groups in total. The van der Waals surface area contributed by atoms with Crippen molar-refractivity contribution < 1.29 is 14.6 Å². The number of hydrogen-bond acceptors (Lipinski definition) is 6. The van der Waals surface area contributed by atoms with Crippen LogP contribution in [0.2, 0.25) is 0 Å². The summed E-state index contributed by atoms with van der Waals surface area (Å²) in [7, 11) is -3.33. The predicted octanol–water partition coefficient (Wildman–Crippen LogP) is 3.02. The average molecular weight is 356 g/mol. The van der Waals surface area contributed by atoms with Gasteiger partial charge in [0.25, 0.3) is 5.17 Å². The van der Waals surface area contributed by atoms with Gasteiger partial charge in [0.1, 0.15) is 16.1 Å². The molecule has 0 aromatic carbocycles. The van der Waals surface area contributed by atoms with Gasteiger partial charge in [0, 0.05) is 14.0 Å². The fraction of sp³-hybridized carbons (Fsp3) is 0.286. The molecular formula is C14H16N2O3S3. The van der Waals surface area contributed by atoms with Gasteiger partial charge >= 0.3 is 0 Å². The molecule has 3 rings (SSSR count). The van der Waals surface area contributed by atoms with E-state index < -0.39 is 9.84 Å². The molecule has 0 bridgehead atoms. The van der Waals surface area contributed by atoms with E-state index in [2.05, 4.69) is 10.3 Å². The maximum atomic E-state index is 12.3. The third-order valence-corrected chi connectivity index (χ3v) is 6.59. The van der Waals surface area contributed by atoms with Gasteiger partial charge in [0.2, 0.25) is 0 Å². The summed E-state index contributed by atoms with van der Waals surface area (Å²) >= 11 is 6.28. The molecule has 118 valence electrons. The van der Waals surface area contributed by atoms with Gasteiger partial charge in [-0.05, 0) is 47.8 Å². The molecular weight excluding hydrogens is 340 g/mol. The lowest BCUT2D eigenvalue weighted by molar-refractivity contribution is 0.217. The Morgan fingerprint density at radius 3 is 3.14 bits per heavy atom. The fourth-order valence-corrected chi connectivity index (χ4v) is 4.96. The number of pyridine rings is 1. The Morgan fingerprint density at radius 1 is 1.59 bits per heavy atom. The van der Waals surface area contributed by atoms with Crippen LogP contribution in [0, 0.1) is 0 Å². The summed E-state index contributed by atoms with van der Waals surface area (Å²) in [6.45, 7) is 1.91. The number of ether oxygens (including phenoxy) is 1. The highest BCUT2D eigenvalue weighted by atomic mass is 32.2. The molecule has 0 fully saturated rings. The molecule has 2 aromatic rings. The largest absolute Gasteiger partial charge is 0.467 e. The first-order valence-corrected chi connectivity index (χ1v) is 9.60. The van der Waals surface area contributed by atoms with Gasteiger partial charge in [-0.3, -0.25) is 0 Å². The lowest BCUT2D eigenvalue weighted by Crippen LogP contribution is -2.17. The smallest absolute Gasteiger partial charge is 0.262 e. The Morgan fingerprint density at radius 2 is 2.41 bits per heavy atom. The second-order valence-electron chi connectivity index (χ2n) is 5.09. The first-order chi connectivity index (χ1) is 10.4. The molecule has 2 aromatic heterocycles. The third kappa shape index (κ3) is 3.29. The van der Waals surface area contributed by atoms with Crippen LogP contribution < -0.4 is 5.32 Å². The first kappa shape index (κ1) is 15.4. The highest BCUT2D eigenvalue weighted by Crippen LogP contribution is 2.25. The Kier molecular flexibility index (Phi) is 4.16. The number of nitrogens with one attached hydrogen (secondary N) is 1. The molecule has 8 heteroatoms. The number of thiophene rings is 1. The first-order valence-electron chi connectivity index (χ1n) is 6.66. The Labute approximate surface area is 139 Å². The summed E-state index contributed by atoms with van der Waals surface area (Å²) < 4.78 is 30.5. The van der Waals surface area contributed by atoms with Gasteiger partial charge in [0.15, 0.2) is 9.84 Å². The van der Waals surface area contributed by atoms with Gasteiger partial charge in [0.05, 0.1) is 5.75 Å². The number of anilines is 1. The molecule has 0 saturated heterocycles. The van der Waals surface area contributed by atoms with Crippen LogP contribution in [0.1, 0.15) is 19.5 Å². The van der Waals surface area contributed by atoms with Crippen molar-refractivity contribution in [3.63, 3.8) is 0 Å². The summed E-state index contributed by atoms with van der Waals surface area (Å²) in [5.74, 6) is 0.569.